The normalized spacial score (nSPS) is 10.8. The second-order valence-electron chi connectivity index (χ2n) is 6.91. The van der Waals surface area contributed by atoms with Crippen LogP contribution >= 0.6 is 22.9 Å². The number of thiophene rings is 1. The molecule has 32 heavy (non-hydrogen) atoms. The number of carbonyl (C=O) groups excluding carboxylic acids is 2. The summed E-state index contributed by atoms with van der Waals surface area (Å²) < 4.78 is 6.29. The van der Waals surface area contributed by atoms with E-state index in [1.807, 2.05) is 19.1 Å². The molecule has 0 aliphatic carbocycles. The van der Waals surface area contributed by atoms with E-state index in [4.69, 9.17) is 16.3 Å². The summed E-state index contributed by atoms with van der Waals surface area (Å²) >= 11 is 7.26. The fraction of sp³-hybridized carbons (Fsp3) is 0.130. The molecule has 0 fully saturated rings. The maximum absolute atomic E-state index is 13.4. The highest BCUT2D eigenvalue weighted by Crippen LogP contribution is 2.31. The highest BCUT2D eigenvalue weighted by atomic mass is 35.5. The number of carbonyl (C=O) groups is 2. The lowest BCUT2D eigenvalue weighted by atomic mass is 10.2. The molecule has 0 spiro atoms. The number of esters is 1. The molecule has 1 N–H and O–H groups in total. The number of nitrogens with zero attached hydrogens (tertiary/aromatic N) is 2. The number of anilines is 1. The summed E-state index contributed by atoms with van der Waals surface area (Å²) in [5, 5.41) is 9.72. The van der Waals surface area contributed by atoms with Crippen molar-refractivity contribution in [2.75, 3.05) is 11.9 Å². The number of fused-ring (bicyclic) bond motifs is 1. The molecule has 0 saturated carbocycles. The number of rotatable bonds is 5. The summed E-state index contributed by atoms with van der Waals surface area (Å²) in [5.74, 6) is -1.12. The van der Waals surface area contributed by atoms with Crippen LogP contribution in [0.3, 0.4) is 0 Å². The minimum absolute atomic E-state index is 0.00322. The Hall–Kier alpha value is -3.49. The van der Waals surface area contributed by atoms with Gasteiger partial charge in [-0.15, -0.1) is 11.3 Å². The number of aromatic nitrogens is 2. The minimum Gasteiger partial charge on any atom is -0.461 e. The number of hydrogen-bond donors (Lipinski definition) is 1. The predicted molar refractivity (Wildman–Crippen MR) is 125 cm³/mol. The number of nitrogens with one attached hydrogen (secondary N) is 1. The molecule has 0 unspecified atom stereocenters. The molecule has 0 saturated heterocycles. The van der Waals surface area contributed by atoms with Crippen molar-refractivity contribution in [2.45, 2.75) is 13.8 Å². The van der Waals surface area contributed by atoms with Crippen molar-refractivity contribution in [3.05, 3.63) is 86.1 Å². The van der Waals surface area contributed by atoms with Gasteiger partial charge in [-0.1, -0.05) is 41.4 Å². The Morgan fingerprint density at radius 2 is 1.88 bits per heavy atom. The Labute approximate surface area is 192 Å². The lowest BCUT2D eigenvalue weighted by Gasteiger charge is -2.10. The van der Waals surface area contributed by atoms with E-state index in [2.05, 4.69) is 10.4 Å². The van der Waals surface area contributed by atoms with E-state index < -0.39 is 17.4 Å². The predicted octanol–water partition coefficient (Wildman–Crippen LogP) is 4.84. The Balaban J connectivity index is 1.89. The van der Waals surface area contributed by atoms with Crippen LogP contribution in [0.1, 0.15) is 33.3 Å². The Morgan fingerprint density at radius 3 is 2.56 bits per heavy atom. The van der Waals surface area contributed by atoms with Gasteiger partial charge in [0.05, 0.1) is 28.3 Å². The van der Waals surface area contributed by atoms with Gasteiger partial charge in [-0.25, -0.2) is 4.79 Å². The van der Waals surface area contributed by atoms with Crippen molar-refractivity contribution >= 4 is 50.6 Å². The first-order chi connectivity index (χ1) is 15.4. The zero-order valence-electron chi connectivity index (χ0n) is 17.2. The van der Waals surface area contributed by atoms with Crippen LogP contribution < -0.4 is 10.9 Å². The van der Waals surface area contributed by atoms with Crippen LogP contribution in [-0.2, 0) is 4.74 Å². The summed E-state index contributed by atoms with van der Waals surface area (Å²) in [4.78, 5) is 38.8. The number of amides is 1. The molecular formula is C23H18ClN3O4S. The molecule has 0 atom stereocenters. The first-order valence-electron chi connectivity index (χ1n) is 9.75. The van der Waals surface area contributed by atoms with Crippen molar-refractivity contribution in [3.8, 4) is 5.69 Å². The monoisotopic (exact) mass is 467 g/mol. The minimum atomic E-state index is -0.653. The van der Waals surface area contributed by atoms with Crippen LogP contribution in [0.25, 0.3) is 16.5 Å². The average Bonchev–Trinajstić information content (AvgIpc) is 3.19. The quantitative estimate of drug-likeness (QED) is 0.424. The largest absolute Gasteiger partial charge is 0.461 e. The smallest absolute Gasteiger partial charge is 0.359 e. The van der Waals surface area contributed by atoms with Crippen LogP contribution in [0.5, 0.6) is 0 Å². The molecule has 0 bridgehead atoms. The summed E-state index contributed by atoms with van der Waals surface area (Å²) in [5.41, 5.74) is 1.30. The van der Waals surface area contributed by atoms with Gasteiger partial charge in [-0.05, 0) is 38.1 Å². The molecule has 162 valence electrons. The van der Waals surface area contributed by atoms with Gasteiger partial charge in [0, 0.05) is 10.8 Å². The SMILES string of the molecule is CCOC(=O)c1nn(-c2ccc(C)cc2)c(=O)c2c(NC(=O)c3ccccc3Cl)scc12. The van der Waals surface area contributed by atoms with Gasteiger partial charge in [0.1, 0.15) is 5.00 Å². The molecule has 2 aromatic heterocycles. The summed E-state index contributed by atoms with van der Waals surface area (Å²) in [6.07, 6.45) is 0. The lowest BCUT2D eigenvalue weighted by molar-refractivity contribution is 0.0520. The number of hydrogen-bond acceptors (Lipinski definition) is 6. The van der Waals surface area contributed by atoms with E-state index in [0.29, 0.717) is 16.1 Å². The molecule has 0 aliphatic heterocycles. The highest BCUT2D eigenvalue weighted by Gasteiger charge is 2.23. The molecule has 1 amide bonds. The summed E-state index contributed by atoms with van der Waals surface area (Å²) in [6.45, 7) is 3.77. The van der Waals surface area contributed by atoms with E-state index in [1.165, 1.54) is 0 Å². The summed E-state index contributed by atoms with van der Waals surface area (Å²) in [7, 11) is 0. The highest BCUT2D eigenvalue weighted by molar-refractivity contribution is 7.16. The van der Waals surface area contributed by atoms with Crippen LogP contribution in [0.15, 0.2) is 58.7 Å². The number of benzene rings is 2. The van der Waals surface area contributed by atoms with Crippen molar-refractivity contribution in [3.63, 3.8) is 0 Å². The molecule has 0 aliphatic rings. The third kappa shape index (κ3) is 4.02. The third-order valence-electron chi connectivity index (χ3n) is 4.75. The van der Waals surface area contributed by atoms with Crippen molar-refractivity contribution in [1.29, 1.82) is 0 Å². The van der Waals surface area contributed by atoms with Crippen molar-refractivity contribution in [1.82, 2.24) is 9.78 Å². The first kappa shape index (κ1) is 21.7. The fourth-order valence-corrected chi connectivity index (χ4v) is 4.32. The molecule has 2 heterocycles. The van der Waals surface area contributed by atoms with E-state index >= 15 is 0 Å². The maximum atomic E-state index is 13.4. The van der Waals surface area contributed by atoms with E-state index in [9.17, 15) is 14.4 Å². The van der Waals surface area contributed by atoms with E-state index in [-0.39, 0.29) is 28.3 Å². The zero-order valence-corrected chi connectivity index (χ0v) is 18.8. The zero-order chi connectivity index (χ0) is 22.8. The lowest BCUT2D eigenvalue weighted by Crippen LogP contribution is -2.25. The fourth-order valence-electron chi connectivity index (χ4n) is 3.17. The van der Waals surface area contributed by atoms with Gasteiger partial charge in [-0.3, -0.25) is 9.59 Å². The van der Waals surface area contributed by atoms with E-state index in [0.717, 1.165) is 21.6 Å². The van der Waals surface area contributed by atoms with Gasteiger partial charge < -0.3 is 10.1 Å². The molecular weight excluding hydrogens is 450 g/mol. The molecule has 9 heteroatoms. The van der Waals surface area contributed by atoms with Crippen molar-refractivity contribution < 1.29 is 14.3 Å². The molecule has 4 rings (SSSR count). The maximum Gasteiger partial charge on any atom is 0.359 e. The summed E-state index contributed by atoms with van der Waals surface area (Å²) in [6, 6.07) is 13.8. The van der Waals surface area contributed by atoms with Gasteiger partial charge in [0.2, 0.25) is 0 Å². The number of halogens is 1. The molecule has 0 radical (unpaired) electrons. The standard InChI is InChI=1S/C23H18ClN3O4S/c1-3-31-23(30)19-16-12-32-21(25-20(28)15-6-4-5-7-17(15)24)18(16)22(29)27(26-19)14-10-8-13(2)9-11-14/h4-12H,3H2,1-2H3,(H,25,28). The molecule has 7 nitrogen and oxygen atoms in total. The average molecular weight is 468 g/mol. The first-order valence-corrected chi connectivity index (χ1v) is 11.0. The second-order valence-corrected chi connectivity index (χ2v) is 8.20. The van der Waals surface area contributed by atoms with Crippen molar-refractivity contribution in [2.24, 2.45) is 0 Å². The number of aryl methyl sites for hydroxylation is 1. The Kier molecular flexibility index (Phi) is 6.07. The van der Waals surface area contributed by atoms with Crippen LogP contribution in [0, 0.1) is 6.92 Å². The van der Waals surface area contributed by atoms with Crippen LogP contribution in [-0.4, -0.2) is 28.3 Å². The topological polar surface area (TPSA) is 90.3 Å². The Bertz CT molecular complexity index is 1390. The number of ether oxygens (including phenoxy) is 1. The third-order valence-corrected chi connectivity index (χ3v) is 5.97. The molecule has 2 aromatic carbocycles. The van der Waals surface area contributed by atoms with Gasteiger partial charge >= 0.3 is 5.97 Å². The van der Waals surface area contributed by atoms with Gasteiger partial charge in [0.25, 0.3) is 11.5 Å². The van der Waals surface area contributed by atoms with E-state index in [1.54, 1.807) is 48.7 Å². The second kappa shape index (κ2) is 8.94. The Morgan fingerprint density at radius 1 is 1.16 bits per heavy atom. The van der Waals surface area contributed by atoms with Crippen LogP contribution in [0.2, 0.25) is 5.02 Å². The molecule has 4 aromatic rings. The van der Waals surface area contributed by atoms with Gasteiger partial charge in [0.15, 0.2) is 5.69 Å². The van der Waals surface area contributed by atoms with Crippen LogP contribution in [0.4, 0.5) is 5.00 Å². The van der Waals surface area contributed by atoms with Gasteiger partial charge in [-0.2, -0.15) is 9.78 Å².